The third-order valence-corrected chi connectivity index (χ3v) is 24.4. The lowest BCUT2D eigenvalue weighted by Gasteiger charge is -2.16. The van der Waals surface area contributed by atoms with Crippen molar-refractivity contribution in [2.45, 2.75) is 64.4 Å². The highest BCUT2D eigenvalue weighted by Crippen LogP contribution is 2.43. The minimum Gasteiger partial charge on any atom is -0.495 e. The fraction of sp³-hybridized carbons (Fsp3) is 0.224. The highest BCUT2D eigenvalue weighted by atomic mass is 33.1. The summed E-state index contributed by atoms with van der Waals surface area (Å²) in [4.78, 5) is 77.6. The summed E-state index contributed by atoms with van der Waals surface area (Å²) in [5.74, 6) is 0.794. The first kappa shape index (κ1) is 74.5. The van der Waals surface area contributed by atoms with Crippen molar-refractivity contribution >= 4 is 181 Å². The number of para-hydroxylation sites is 2. The first-order valence-electron chi connectivity index (χ1n) is 32.2. The van der Waals surface area contributed by atoms with Crippen LogP contribution in [-0.4, -0.2) is 120 Å². The molecule has 12 aromatic rings. The number of benzene rings is 7. The molecule has 4 amide bonds. The molecular formula is C76H74N10O6S9. The summed E-state index contributed by atoms with van der Waals surface area (Å²) in [5.41, 5.74) is 12.3. The van der Waals surface area contributed by atoms with E-state index in [1.54, 1.807) is 143 Å². The fourth-order valence-corrected chi connectivity index (χ4v) is 19.0. The third-order valence-electron chi connectivity index (χ3n) is 16.5. The van der Waals surface area contributed by atoms with Gasteiger partial charge in [0.2, 0.25) is 0 Å². The first-order chi connectivity index (χ1) is 49.4. The van der Waals surface area contributed by atoms with E-state index < -0.39 is 0 Å². The largest absolute Gasteiger partial charge is 0.495 e. The van der Waals surface area contributed by atoms with Crippen molar-refractivity contribution in [2.75, 3.05) is 64.3 Å². The molecule has 7 aromatic carbocycles. The lowest BCUT2D eigenvalue weighted by molar-refractivity contribution is 0.0904. The number of methoxy groups -OCH3 is 2. The molecule has 0 bridgehead atoms. The summed E-state index contributed by atoms with van der Waals surface area (Å²) in [6, 6.07) is 53.7. The Bertz CT molecular complexity index is 4680. The number of thiazole rings is 1. The number of hydrogen-bond acceptors (Lipinski definition) is 21. The van der Waals surface area contributed by atoms with Gasteiger partial charge in [0.25, 0.3) is 23.6 Å². The molecule has 2 atom stereocenters. The van der Waals surface area contributed by atoms with Crippen LogP contribution in [0.4, 0.5) is 5.69 Å². The molecule has 0 fully saturated rings. The third kappa shape index (κ3) is 18.8. The Hall–Kier alpha value is -7.69. The Morgan fingerprint density at radius 1 is 0.515 bits per heavy atom. The van der Waals surface area contributed by atoms with Gasteiger partial charge in [0.15, 0.2) is 0 Å². The molecule has 1 aliphatic heterocycles. The average molecular weight is 1510 g/mol. The smallest absolute Gasteiger partial charge is 0.252 e. The lowest BCUT2D eigenvalue weighted by atomic mass is 10.1. The number of pyridine rings is 4. The number of hydrogen-bond donors (Lipinski definition) is 5. The van der Waals surface area contributed by atoms with Gasteiger partial charge in [-0.2, -0.15) is 0 Å². The van der Waals surface area contributed by atoms with E-state index in [4.69, 9.17) is 9.47 Å². The molecule has 0 radical (unpaired) electrons. The lowest BCUT2D eigenvalue weighted by Crippen LogP contribution is -2.35. The van der Waals surface area contributed by atoms with Gasteiger partial charge in [0.05, 0.1) is 63.0 Å². The summed E-state index contributed by atoms with van der Waals surface area (Å²) in [7, 11) is 16.4. The zero-order chi connectivity index (χ0) is 70.6. The molecule has 101 heavy (non-hydrogen) atoms. The van der Waals surface area contributed by atoms with Crippen molar-refractivity contribution in [3.05, 3.63) is 233 Å². The van der Waals surface area contributed by atoms with Crippen LogP contribution in [0.3, 0.4) is 0 Å². The minimum absolute atomic E-state index is 0.0142. The average Bonchev–Trinajstić information content (AvgIpc) is 1.65. The van der Waals surface area contributed by atoms with Crippen molar-refractivity contribution in [3.8, 4) is 5.75 Å². The second kappa shape index (κ2) is 37.0. The summed E-state index contributed by atoms with van der Waals surface area (Å²) in [6.07, 6.45) is 18.2. The Morgan fingerprint density at radius 3 is 1.50 bits per heavy atom. The van der Waals surface area contributed by atoms with Crippen LogP contribution < -0.4 is 31.3 Å². The molecule has 6 heterocycles. The van der Waals surface area contributed by atoms with Crippen molar-refractivity contribution in [3.63, 3.8) is 0 Å². The van der Waals surface area contributed by atoms with Crippen LogP contribution in [0, 0.1) is 5.92 Å². The molecule has 1 aliphatic carbocycles. The fourth-order valence-electron chi connectivity index (χ4n) is 12.0. The predicted octanol–water partition coefficient (Wildman–Crippen LogP) is 17.6. The molecule has 14 rings (SSSR count). The maximum atomic E-state index is 12.8. The van der Waals surface area contributed by atoms with E-state index in [1.165, 1.54) is 22.4 Å². The Balaban J connectivity index is 0.000000136. The highest BCUT2D eigenvalue weighted by molar-refractivity contribution is 8.77. The topological polar surface area (TPSA) is 211 Å². The van der Waals surface area contributed by atoms with Gasteiger partial charge in [-0.3, -0.25) is 39.1 Å². The second-order valence-electron chi connectivity index (χ2n) is 23.1. The quantitative estimate of drug-likeness (QED) is 0.0399. The van der Waals surface area contributed by atoms with Gasteiger partial charge in [0.1, 0.15) is 10.8 Å². The first-order valence-corrected chi connectivity index (χ1v) is 43.3. The van der Waals surface area contributed by atoms with E-state index in [2.05, 4.69) is 94.0 Å². The predicted molar refractivity (Wildman–Crippen MR) is 430 cm³/mol. The molecule has 518 valence electrons. The van der Waals surface area contributed by atoms with E-state index >= 15 is 0 Å². The Morgan fingerprint density at radius 2 is 0.990 bits per heavy atom. The molecule has 0 spiro atoms. The van der Waals surface area contributed by atoms with Gasteiger partial charge in [-0.15, -0.1) is 11.3 Å². The monoisotopic (exact) mass is 1510 g/mol. The van der Waals surface area contributed by atoms with Gasteiger partial charge in [-0.25, -0.2) is 4.98 Å². The number of nitrogens with zero attached hydrogens (tertiary/aromatic N) is 5. The van der Waals surface area contributed by atoms with Crippen LogP contribution >= 0.6 is 97.7 Å². The maximum absolute atomic E-state index is 12.8. The summed E-state index contributed by atoms with van der Waals surface area (Å²) < 4.78 is 11.7. The number of carbonyl (C=O) groups is 4. The van der Waals surface area contributed by atoms with Crippen LogP contribution in [0.1, 0.15) is 70.1 Å². The normalized spacial score (nSPS) is 13.2. The number of carbonyl (C=O) groups excluding carboxylic acids is 4. The zero-order valence-corrected chi connectivity index (χ0v) is 63.8. The van der Waals surface area contributed by atoms with Gasteiger partial charge in [-0.05, 0) is 159 Å². The molecule has 5 aromatic heterocycles. The Labute approximate surface area is 623 Å². The Kier molecular flexibility index (Phi) is 27.3. The van der Waals surface area contributed by atoms with Crippen LogP contribution in [0.2, 0.25) is 0 Å². The van der Waals surface area contributed by atoms with Gasteiger partial charge >= 0.3 is 0 Å². The number of aromatic nitrogens is 5. The number of anilines is 1. The number of rotatable bonds is 22. The molecule has 2 unspecified atom stereocenters. The molecular weight excluding hydrogens is 1440 g/mol. The standard InChI is InChI=1S/C21H20N2OS2.C20H19N3OS2.C19H15N3OS3.C16H20N2O3S2/c1-25-26-19-9-8-18(17-7-4-10-22-20(17)19)21(24)23-13-14-11-15-5-2-3-6-16(15)12-14;1-25-26-18-9-8-16(15-6-4-10-21-19(15)18)20(24)22-12-14-11-13-5-2-3-7-17(13)23-14;1-24-26-16-9-8-13(12-5-4-10-20-18(12)16)19(23)21-11-17-22-14-6-2-3-7-15(14)25-17;1-10(9-20-2)18-16(19)12-8-13(21-3)15(23-22-4)14-11(12)6-5-7-17-14/h2-10,14H,11-13H2,1H3,(H,23,24);2-10,14,23H,11-12H2,1H3,(H,22,24);2-10H,11H2,1H3,(H,21,23);5-8,10H,9H2,1-4H3,(H,18,19). The van der Waals surface area contributed by atoms with E-state index in [0.717, 1.165) is 97.7 Å². The highest BCUT2D eigenvalue weighted by Gasteiger charge is 2.25. The van der Waals surface area contributed by atoms with E-state index in [9.17, 15) is 19.2 Å². The van der Waals surface area contributed by atoms with E-state index in [-0.39, 0.29) is 35.7 Å². The van der Waals surface area contributed by atoms with Crippen LogP contribution in [0.25, 0.3) is 53.8 Å². The summed E-state index contributed by atoms with van der Waals surface area (Å²) >= 11 is 1.60. The number of ether oxygens (including phenoxy) is 2. The minimum atomic E-state index is -0.161. The maximum Gasteiger partial charge on any atom is 0.252 e. The molecule has 0 saturated carbocycles. The van der Waals surface area contributed by atoms with Crippen molar-refractivity contribution in [1.82, 2.24) is 46.2 Å². The number of amides is 4. The van der Waals surface area contributed by atoms with Crippen molar-refractivity contribution in [1.29, 1.82) is 0 Å². The van der Waals surface area contributed by atoms with Gasteiger partial charge in [0, 0.05) is 116 Å². The summed E-state index contributed by atoms with van der Waals surface area (Å²) in [6.45, 7) is 4.07. The molecule has 5 N–H and O–H groups in total. The number of nitrogens with one attached hydrogen (secondary N) is 5. The molecule has 16 nitrogen and oxygen atoms in total. The van der Waals surface area contributed by atoms with Gasteiger partial charge in [-0.1, -0.05) is 165 Å². The van der Waals surface area contributed by atoms with Crippen molar-refractivity contribution < 1.29 is 28.7 Å². The SMILES string of the molecule is COCC(C)NC(=O)c1cc(OC)c(SSC)c2ncccc12.CSSc1ccc(C(=O)NCC2Cc3ccccc3C2)c2cccnc12.CSSc1ccc(C(=O)NCC2Cc3ccccc3N2)c2cccnc12.CSSc1ccc(C(=O)NCc2nc3ccccc3s2)c2cccnc12. The van der Waals surface area contributed by atoms with E-state index in [1.807, 2.05) is 147 Å². The molecule has 0 saturated heterocycles. The van der Waals surface area contributed by atoms with Crippen molar-refractivity contribution in [2.24, 2.45) is 5.92 Å². The van der Waals surface area contributed by atoms with Crippen LogP contribution in [0.5, 0.6) is 5.75 Å². The van der Waals surface area contributed by atoms with Gasteiger partial charge < -0.3 is 36.1 Å². The molecule has 2 aliphatic rings. The second-order valence-corrected chi connectivity index (χ2v) is 34.0. The zero-order valence-electron chi connectivity index (χ0n) is 56.4. The van der Waals surface area contributed by atoms with E-state index in [0.29, 0.717) is 60.2 Å². The van der Waals surface area contributed by atoms with Crippen LogP contribution in [0.15, 0.2) is 208 Å². The summed E-state index contributed by atoms with van der Waals surface area (Å²) in [5, 5.41) is 20.0. The number of fused-ring (bicyclic) bond motifs is 7. The van der Waals surface area contributed by atoms with Crippen LogP contribution in [-0.2, 0) is 30.5 Å². The molecule has 25 heteroatoms.